The van der Waals surface area contributed by atoms with E-state index in [-0.39, 0.29) is 0 Å². The Morgan fingerprint density at radius 2 is 2.05 bits per heavy atom. The maximum Gasteiger partial charge on any atom is 0.0798 e. The number of anilines is 1. The molecule has 0 amide bonds. The summed E-state index contributed by atoms with van der Waals surface area (Å²) in [5.41, 5.74) is 12.1. The number of aromatic nitrogens is 2. The molecule has 0 aliphatic heterocycles. The molecule has 1 aromatic carbocycles. The van der Waals surface area contributed by atoms with Gasteiger partial charge in [0.25, 0.3) is 0 Å². The van der Waals surface area contributed by atoms with Crippen molar-refractivity contribution >= 4 is 27.9 Å². The first-order valence-electron chi connectivity index (χ1n) is 6.87. The third kappa shape index (κ3) is 2.62. The largest absolute Gasteiger partial charge is 0.369 e. The Bertz CT molecular complexity index is 766. The normalized spacial score (nSPS) is 11.0. The molecule has 5 heteroatoms. The van der Waals surface area contributed by atoms with Gasteiger partial charge in [0.05, 0.1) is 29.0 Å². The van der Waals surface area contributed by atoms with E-state index < -0.39 is 0 Å². The fraction of sp³-hybridized carbons (Fsp3) is 0.250. The highest BCUT2D eigenvalue weighted by atomic mass is 32.1. The monoisotopic (exact) mass is 298 g/mol. The molecule has 0 aliphatic carbocycles. The number of aryl methyl sites for hydroxylation is 1. The summed E-state index contributed by atoms with van der Waals surface area (Å²) in [6.07, 6.45) is 1.88. The number of nitrogens with zero attached hydrogens (tertiary/aromatic N) is 3. The van der Waals surface area contributed by atoms with Crippen LogP contribution in [0.4, 0.5) is 5.69 Å². The molecule has 0 saturated heterocycles. The van der Waals surface area contributed by atoms with Crippen molar-refractivity contribution in [2.75, 3.05) is 11.9 Å². The first-order valence-corrected chi connectivity index (χ1v) is 7.75. The van der Waals surface area contributed by atoms with Crippen LogP contribution in [-0.2, 0) is 13.1 Å². The summed E-state index contributed by atoms with van der Waals surface area (Å²) < 4.78 is 0. The number of nitrogens with two attached hydrogens (primary N) is 1. The summed E-state index contributed by atoms with van der Waals surface area (Å²) >= 11 is 1.69. The van der Waals surface area contributed by atoms with Crippen molar-refractivity contribution in [1.29, 1.82) is 0 Å². The van der Waals surface area contributed by atoms with Crippen LogP contribution in [0.1, 0.15) is 16.1 Å². The topological polar surface area (TPSA) is 55.0 Å². The molecule has 0 bridgehead atoms. The minimum atomic E-state index is 0.485. The zero-order chi connectivity index (χ0) is 14.8. The van der Waals surface area contributed by atoms with E-state index in [0.717, 1.165) is 34.4 Å². The lowest BCUT2D eigenvalue weighted by atomic mass is 10.1. The van der Waals surface area contributed by atoms with Crippen LogP contribution in [0.5, 0.6) is 0 Å². The van der Waals surface area contributed by atoms with Gasteiger partial charge in [0, 0.05) is 35.6 Å². The fourth-order valence-corrected chi connectivity index (χ4v) is 3.37. The molecule has 0 saturated carbocycles. The molecule has 2 N–H and O–H groups in total. The number of thiazole rings is 1. The summed E-state index contributed by atoms with van der Waals surface area (Å²) in [5, 5.41) is 1.14. The van der Waals surface area contributed by atoms with Crippen LogP contribution in [0.15, 0.2) is 36.0 Å². The van der Waals surface area contributed by atoms with E-state index in [1.54, 1.807) is 11.3 Å². The van der Waals surface area contributed by atoms with Crippen LogP contribution < -0.4 is 10.6 Å². The van der Waals surface area contributed by atoms with E-state index in [1.807, 2.05) is 36.8 Å². The molecular weight excluding hydrogens is 280 g/mol. The summed E-state index contributed by atoms with van der Waals surface area (Å²) in [6.45, 7) is 3.37. The Hall–Kier alpha value is -1.98. The zero-order valence-corrected chi connectivity index (χ0v) is 13.0. The summed E-state index contributed by atoms with van der Waals surface area (Å²) in [6, 6.07) is 8.19. The predicted molar refractivity (Wildman–Crippen MR) is 88.6 cm³/mol. The minimum Gasteiger partial charge on any atom is -0.369 e. The lowest BCUT2D eigenvalue weighted by Gasteiger charge is -2.23. The van der Waals surface area contributed by atoms with Crippen molar-refractivity contribution in [2.24, 2.45) is 5.73 Å². The van der Waals surface area contributed by atoms with Gasteiger partial charge in [-0.15, -0.1) is 11.3 Å². The van der Waals surface area contributed by atoms with Gasteiger partial charge >= 0.3 is 0 Å². The van der Waals surface area contributed by atoms with Crippen LogP contribution >= 0.6 is 11.3 Å². The molecule has 21 heavy (non-hydrogen) atoms. The Morgan fingerprint density at radius 3 is 2.76 bits per heavy atom. The summed E-state index contributed by atoms with van der Waals surface area (Å²) in [4.78, 5) is 12.3. The molecule has 2 heterocycles. The second kappa shape index (κ2) is 5.79. The van der Waals surface area contributed by atoms with E-state index in [1.165, 1.54) is 4.88 Å². The third-order valence-electron chi connectivity index (χ3n) is 3.65. The van der Waals surface area contributed by atoms with Gasteiger partial charge in [-0.25, -0.2) is 4.98 Å². The highest BCUT2D eigenvalue weighted by molar-refractivity contribution is 7.09. The highest BCUT2D eigenvalue weighted by Gasteiger charge is 2.14. The first-order chi connectivity index (χ1) is 10.2. The molecular formula is C16H18N4S. The Kier molecular flexibility index (Phi) is 3.86. The molecule has 0 atom stereocenters. The predicted octanol–water partition coefficient (Wildman–Crippen LogP) is 3.09. The lowest BCUT2D eigenvalue weighted by molar-refractivity contribution is 0.909. The van der Waals surface area contributed by atoms with Crippen LogP contribution in [0.3, 0.4) is 0 Å². The van der Waals surface area contributed by atoms with E-state index >= 15 is 0 Å². The van der Waals surface area contributed by atoms with Crippen LogP contribution in [-0.4, -0.2) is 17.0 Å². The Labute approximate surface area is 128 Å². The fourth-order valence-electron chi connectivity index (χ4n) is 2.54. The molecule has 0 spiro atoms. The standard InChI is InChI=1S/C16H18N4S/c1-11-15(21-10-19-11)9-20(2)16-12(7-17)8-18-14-6-4-3-5-13(14)16/h3-6,8,10H,7,9,17H2,1-2H3. The minimum absolute atomic E-state index is 0.485. The molecule has 3 rings (SSSR count). The molecule has 4 nitrogen and oxygen atoms in total. The van der Waals surface area contributed by atoms with Gasteiger partial charge < -0.3 is 10.6 Å². The summed E-state index contributed by atoms with van der Waals surface area (Å²) in [7, 11) is 2.10. The third-order valence-corrected chi connectivity index (χ3v) is 4.57. The second-order valence-electron chi connectivity index (χ2n) is 5.07. The quantitative estimate of drug-likeness (QED) is 0.804. The number of hydrogen-bond donors (Lipinski definition) is 1. The van der Waals surface area contributed by atoms with Gasteiger partial charge in [0.15, 0.2) is 0 Å². The van der Waals surface area contributed by atoms with Crippen molar-refractivity contribution in [3.05, 3.63) is 52.1 Å². The molecule has 108 valence electrons. The first kappa shape index (κ1) is 14.0. The van der Waals surface area contributed by atoms with Gasteiger partial charge in [-0.05, 0) is 13.0 Å². The van der Waals surface area contributed by atoms with Crippen molar-refractivity contribution < 1.29 is 0 Å². The smallest absolute Gasteiger partial charge is 0.0798 e. The van der Waals surface area contributed by atoms with E-state index in [0.29, 0.717) is 6.54 Å². The molecule has 0 fully saturated rings. The van der Waals surface area contributed by atoms with Crippen molar-refractivity contribution in [3.8, 4) is 0 Å². The van der Waals surface area contributed by atoms with Crippen molar-refractivity contribution in [1.82, 2.24) is 9.97 Å². The van der Waals surface area contributed by atoms with Gasteiger partial charge in [-0.1, -0.05) is 18.2 Å². The van der Waals surface area contributed by atoms with E-state index in [9.17, 15) is 0 Å². The van der Waals surface area contributed by atoms with Gasteiger partial charge in [0.1, 0.15) is 0 Å². The van der Waals surface area contributed by atoms with Crippen LogP contribution in [0.25, 0.3) is 10.9 Å². The van der Waals surface area contributed by atoms with Crippen LogP contribution in [0, 0.1) is 6.92 Å². The van der Waals surface area contributed by atoms with E-state index in [2.05, 4.69) is 28.0 Å². The number of fused-ring (bicyclic) bond motifs is 1. The molecule has 0 radical (unpaired) electrons. The molecule has 0 aliphatic rings. The zero-order valence-electron chi connectivity index (χ0n) is 12.2. The van der Waals surface area contributed by atoms with Gasteiger partial charge in [0.2, 0.25) is 0 Å². The second-order valence-corrected chi connectivity index (χ2v) is 6.01. The average molecular weight is 298 g/mol. The Balaban J connectivity index is 2.07. The lowest BCUT2D eigenvalue weighted by Crippen LogP contribution is -2.19. The van der Waals surface area contributed by atoms with Gasteiger partial charge in [-0.2, -0.15) is 0 Å². The van der Waals surface area contributed by atoms with Crippen molar-refractivity contribution in [2.45, 2.75) is 20.0 Å². The summed E-state index contributed by atoms with van der Waals surface area (Å²) in [5.74, 6) is 0. The van der Waals surface area contributed by atoms with Crippen molar-refractivity contribution in [3.63, 3.8) is 0 Å². The maximum absolute atomic E-state index is 5.91. The number of rotatable bonds is 4. The molecule has 3 aromatic rings. The molecule has 0 unspecified atom stereocenters. The Morgan fingerprint density at radius 1 is 1.24 bits per heavy atom. The number of hydrogen-bond acceptors (Lipinski definition) is 5. The highest BCUT2D eigenvalue weighted by Crippen LogP contribution is 2.30. The number of benzene rings is 1. The number of para-hydroxylation sites is 1. The average Bonchev–Trinajstić information content (AvgIpc) is 2.91. The molecule has 2 aromatic heterocycles. The SMILES string of the molecule is Cc1ncsc1CN(C)c1c(CN)cnc2ccccc12. The van der Waals surface area contributed by atoms with Gasteiger partial charge in [-0.3, -0.25) is 4.98 Å². The number of pyridine rings is 1. The van der Waals surface area contributed by atoms with E-state index in [4.69, 9.17) is 5.73 Å². The van der Waals surface area contributed by atoms with Crippen LogP contribution in [0.2, 0.25) is 0 Å². The maximum atomic E-state index is 5.91.